The van der Waals surface area contributed by atoms with Crippen LogP contribution in [0.25, 0.3) is 0 Å². The van der Waals surface area contributed by atoms with Crippen LogP contribution in [0.1, 0.15) is 72.6 Å². The van der Waals surface area contributed by atoms with Gasteiger partial charge in [-0.05, 0) is 74.0 Å². The highest BCUT2D eigenvalue weighted by Crippen LogP contribution is 2.67. The first-order valence-electron chi connectivity index (χ1n) is 16.8. The first-order valence-corrected chi connectivity index (χ1v) is 16.8. The van der Waals surface area contributed by atoms with Crippen molar-refractivity contribution in [2.24, 2.45) is 40.4 Å². The molecule has 0 aromatic carbocycles. The molecule has 4 fully saturated rings. The molecule has 3 saturated carbocycles. The predicted octanol–water partition coefficient (Wildman–Crippen LogP) is 0.953. The van der Waals surface area contributed by atoms with Gasteiger partial charge in [-0.15, -0.1) is 0 Å². The van der Waals surface area contributed by atoms with Gasteiger partial charge in [0, 0.05) is 18.3 Å². The number of rotatable bonds is 6. The number of carbonyl (C=O) groups excluding carboxylic acids is 1. The number of carbonyl (C=O) groups is 1. The minimum atomic E-state index is -1.55. The maximum absolute atomic E-state index is 12.6. The highest BCUT2D eigenvalue weighted by Gasteiger charge is 2.63. The SMILES string of the molecule is CC1=C(CO)C(=O)O[C@@H]([C@@H](C)[C@H]2CC[C@H]3[C@@H]4[C@@H](O)C=C5C[C@@H](O[C@@H]6O[C@H](CO)[C@@H](O)[C@H](O)[C@H]6O)C[C@H](O)[C@]5(C)[C@H]4CC[C@]23C)C1. The molecule has 0 aromatic heterocycles. The van der Waals surface area contributed by atoms with E-state index in [0.717, 1.165) is 36.8 Å². The zero-order chi connectivity index (χ0) is 32.6. The number of aliphatic hydroxyl groups excluding tert-OH is 7. The van der Waals surface area contributed by atoms with Crippen molar-refractivity contribution in [2.45, 2.75) is 128 Å². The molecule has 6 rings (SSSR count). The number of cyclic esters (lactones) is 1. The van der Waals surface area contributed by atoms with Crippen molar-refractivity contribution in [3.05, 3.63) is 22.8 Å². The summed E-state index contributed by atoms with van der Waals surface area (Å²) < 4.78 is 17.5. The van der Waals surface area contributed by atoms with Crippen LogP contribution in [-0.2, 0) is 19.0 Å². The average molecular weight is 637 g/mol. The monoisotopic (exact) mass is 636 g/mol. The highest BCUT2D eigenvalue weighted by atomic mass is 16.7. The minimum absolute atomic E-state index is 0.0243. The number of fused-ring (bicyclic) bond motifs is 5. The number of aliphatic hydroxyl groups is 7. The van der Waals surface area contributed by atoms with Crippen molar-refractivity contribution in [1.82, 2.24) is 0 Å². The Hall–Kier alpha value is -1.41. The summed E-state index contributed by atoms with van der Waals surface area (Å²) >= 11 is 0. The summed E-state index contributed by atoms with van der Waals surface area (Å²) in [4.78, 5) is 12.6. The molecular formula is C34H52O11. The Morgan fingerprint density at radius 1 is 1.00 bits per heavy atom. The van der Waals surface area contributed by atoms with Gasteiger partial charge in [0.15, 0.2) is 6.29 Å². The van der Waals surface area contributed by atoms with Gasteiger partial charge in [0.25, 0.3) is 0 Å². The fraction of sp³-hybridized carbons (Fsp3) is 0.853. The molecule has 2 aliphatic heterocycles. The summed E-state index contributed by atoms with van der Waals surface area (Å²) in [5.41, 5.74) is 1.56. The van der Waals surface area contributed by atoms with E-state index in [-0.39, 0.29) is 48.2 Å². The van der Waals surface area contributed by atoms with Crippen LogP contribution < -0.4 is 0 Å². The van der Waals surface area contributed by atoms with Gasteiger partial charge in [0.2, 0.25) is 0 Å². The normalized spacial score (nSPS) is 50.7. The molecular weight excluding hydrogens is 584 g/mol. The molecule has 11 nitrogen and oxygen atoms in total. The second-order valence-corrected chi connectivity index (χ2v) is 15.3. The van der Waals surface area contributed by atoms with Crippen LogP contribution in [0.2, 0.25) is 0 Å². The summed E-state index contributed by atoms with van der Waals surface area (Å²) in [6.07, 6.45) is -2.23. The fourth-order valence-electron chi connectivity index (χ4n) is 10.7. The number of hydrogen-bond acceptors (Lipinski definition) is 11. The van der Waals surface area contributed by atoms with E-state index in [2.05, 4.69) is 20.8 Å². The van der Waals surface area contributed by atoms with E-state index >= 15 is 0 Å². The number of esters is 1. The predicted molar refractivity (Wildman–Crippen MR) is 160 cm³/mol. The van der Waals surface area contributed by atoms with Crippen molar-refractivity contribution in [2.75, 3.05) is 13.2 Å². The van der Waals surface area contributed by atoms with Gasteiger partial charge in [-0.2, -0.15) is 0 Å². The van der Waals surface area contributed by atoms with E-state index < -0.39 is 67.0 Å². The average Bonchev–Trinajstić information content (AvgIpc) is 3.35. The lowest BCUT2D eigenvalue weighted by atomic mass is 9.45. The van der Waals surface area contributed by atoms with Gasteiger partial charge >= 0.3 is 5.97 Å². The smallest absolute Gasteiger partial charge is 0.336 e. The maximum atomic E-state index is 12.6. The van der Waals surface area contributed by atoms with Crippen LogP contribution in [0.3, 0.4) is 0 Å². The van der Waals surface area contributed by atoms with E-state index in [1.807, 2.05) is 13.0 Å². The Balaban J connectivity index is 1.19. The third kappa shape index (κ3) is 5.25. The van der Waals surface area contributed by atoms with Crippen LogP contribution in [0.5, 0.6) is 0 Å². The summed E-state index contributed by atoms with van der Waals surface area (Å²) in [6, 6.07) is 0. The van der Waals surface area contributed by atoms with Crippen LogP contribution in [0.4, 0.5) is 0 Å². The summed E-state index contributed by atoms with van der Waals surface area (Å²) in [7, 11) is 0. The molecule has 16 atom stereocenters. The number of ether oxygens (including phenoxy) is 3. The van der Waals surface area contributed by atoms with Gasteiger partial charge < -0.3 is 50.0 Å². The van der Waals surface area contributed by atoms with Crippen LogP contribution in [-0.4, -0.2) is 110 Å². The molecule has 0 unspecified atom stereocenters. The Bertz CT molecular complexity index is 1200. The largest absolute Gasteiger partial charge is 0.458 e. The summed E-state index contributed by atoms with van der Waals surface area (Å²) in [5, 5.41) is 73.5. The molecule has 0 bridgehead atoms. The molecule has 2 heterocycles. The fourth-order valence-corrected chi connectivity index (χ4v) is 10.7. The Morgan fingerprint density at radius 2 is 1.73 bits per heavy atom. The second kappa shape index (κ2) is 12.2. The van der Waals surface area contributed by atoms with Gasteiger partial charge in [0.05, 0.1) is 37.1 Å². The van der Waals surface area contributed by atoms with Gasteiger partial charge in [0.1, 0.15) is 30.5 Å². The highest BCUT2D eigenvalue weighted by molar-refractivity contribution is 5.90. The first-order chi connectivity index (χ1) is 21.3. The summed E-state index contributed by atoms with van der Waals surface area (Å²) in [6.45, 7) is 7.65. The van der Waals surface area contributed by atoms with Gasteiger partial charge in [-0.25, -0.2) is 4.79 Å². The molecule has 11 heteroatoms. The van der Waals surface area contributed by atoms with E-state index in [1.54, 1.807) is 0 Å². The quantitative estimate of drug-likeness (QED) is 0.163. The van der Waals surface area contributed by atoms with E-state index in [1.165, 1.54) is 0 Å². The Morgan fingerprint density at radius 3 is 2.40 bits per heavy atom. The molecule has 7 N–H and O–H groups in total. The van der Waals surface area contributed by atoms with Crippen molar-refractivity contribution < 1.29 is 54.8 Å². The van der Waals surface area contributed by atoms with Crippen LogP contribution in [0.15, 0.2) is 22.8 Å². The van der Waals surface area contributed by atoms with Crippen molar-refractivity contribution >= 4 is 5.97 Å². The minimum Gasteiger partial charge on any atom is -0.458 e. The van der Waals surface area contributed by atoms with E-state index in [0.29, 0.717) is 24.3 Å². The molecule has 254 valence electrons. The standard InChI is InChI=1S/C34H52O11/c1-15-9-24(44-31(42)19(15)13-35)16(2)20-5-6-21-27-22(7-8-33(20,21)3)34(4)17(11-23(27)37)10-18(12-26(34)38)43-32-30(41)29(40)28(39)25(14-36)45-32/h11,16,18,20-30,32,35-41H,5-10,12-14H2,1-4H3/t16-,18+,20+,21-,22-,23-,24+,25+,26-,27-,28+,29-,30+,32+,33+,34-/m0/s1. The van der Waals surface area contributed by atoms with Crippen molar-refractivity contribution in [3.63, 3.8) is 0 Å². The second-order valence-electron chi connectivity index (χ2n) is 15.3. The zero-order valence-electron chi connectivity index (χ0n) is 26.8. The molecule has 0 spiro atoms. The number of hydrogen-bond donors (Lipinski definition) is 7. The van der Waals surface area contributed by atoms with Crippen LogP contribution >= 0.6 is 0 Å². The van der Waals surface area contributed by atoms with E-state index in [4.69, 9.17) is 14.2 Å². The third-order valence-corrected chi connectivity index (χ3v) is 13.3. The molecule has 1 saturated heterocycles. The molecule has 0 amide bonds. The lowest BCUT2D eigenvalue weighted by molar-refractivity contribution is -0.315. The van der Waals surface area contributed by atoms with Gasteiger partial charge in [-0.1, -0.05) is 38.0 Å². The maximum Gasteiger partial charge on any atom is 0.336 e. The zero-order valence-corrected chi connectivity index (χ0v) is 26.8. The Kier molecular flexibility index (Phi) is 9.11. The molecule has 45 heavy (non-hydrogen) atoms. The molecule has 4 aliphatic carbocycles. The molecule has 0 radical (unpaired) electrons. The lowest BCUT2D eigenvalue weighted by Gasteiger charge is -2.61. The molecule has 0 aromatic rings. The lowest BCUT2D eigenvalue weighted by Crippen LogP contribution is -2.61. The Labute approximate surface area is 264 Å². The van der Waals surface area contributed by atoms with Crippen molar-refractivity contribution in [1.29, 1.82) is 0 Å². The topological polar surface area (TPSA) is 186 Å². The summed E-state index contributed by atoms with van der Waals surface area (Å²) in [5.74, 6) is 0.292. The third-order valence-electron chi connectivity index (χ3n) is 13.3. The first kappa shape index (κ1) is 33.5. The van der Waals surface area contributed by atoms with Crippen molar-refractivity contribution in [3.8, 4) is 0 Å². The van der Waals surface area contributed by atoms with Crippen LogP contribution in [0, 0.1) is 40.4 Å². The van der Waals surface area contributed by atoms with Gasteiger partial charge in [-0.3, -0.25) is 0 Å². The molecule has 6 aliphatic rings. The van der Waals surface area contributed by atoms with E-state index in [9.17, 15) is 40.5 Å².